The normalized spacial score (nSPS) is 14.9. The highest BCUT2D eigenvalue weighted by Crippen LogP contribution is 2.30. The standard InChI is InChI=1S/C25H21F2N3OS/c26-20-6-1-17(2-7-20)24(18-3-8-21(27)9-4-18)29-11-13-30(14-12-29)25(31)19-5-10-22-23(15-19)32-16-28-22/h1-10,15-16,24H,11-14H2. The molecule has 0 aliphatic carbocycles. The largest absolute Gasteiger partial charge is 0.336 e. The number of thiazole rings is 1. The van der Waals surface area contributed by atoms with Crippen LogP contribution < -0.4 is 0 Å². The predicted octanol–water partition coefficient (Wildman–Crippen LogP) is 5.12. The summed E-state index contributed by atoms with van der Waals surface area (Å²) in [5.74, 6) is -0.570. The molecular formula is C25H21F2N3OS. The van der Waals surface area contributed by atoms with Crippen molar-refractivity contribution in [1.29, 1.82) is 0 Å². The maximum absolute atomic E-state index is 13.5. The SMILES string of the molecule is O=C(c1ccc2ncsc2c1)N1CCN(C(c2ccc(F)cc2)c2ccc(F)cc2)CC1. The molecule has 4 aromatic rings. The van der Waals surface area contributed by atoms with Crippen molar-refractivity contribution in [2.45, 2.75) is 6.04 Å². The molecule has 0 bridgehead atoms. The quantitative estimate of drug-likeness (QED) is 0.434. The molecular weight excluding hydrogens is 428 g/mol. The maximum Gasteiger partial charge on any atom is 0.253 e. The highest BCUT2D eigenvalue weighted by Gasteiger charge is 2.29. The second-order valence-corrected chi connectivity index (χ2v) is 8.76. The van der Waals surface area contributed by atoms with E-state index in [0.29, 0.717) is 31.7 Å². The van der Waals surface area contributed by atoms with Crippen LogP contribution >= 0.6 is 11.3 Å². The first kappa shape index (κ1) is 20.7. The number of hydrogen-bond donors (Lipinski definition) is 0. The lowest BCUT2D eigenvalue weighted by Crippen LogP contribution is -2.49. The van der Waals surface area contributed by atoms with Gasteiger partial charge in [-0.05, 0) is 53.6 Å². The average Bonchev–Trinajstić information content (AvgIpc) is 3.30. The summed E-state index contributed by atoms with van der Waals surface area (Å²) in [6.07, 6.45) is 0. The van der Waals surface area contributed by atoms with Gasteiger partial charge in [0.1, 0.15) is 11.6 Å². The molecule has 0 radical (unpaired) electrons. The van der Waals surface area contributed by atoms with Crippen molar-refractivity contribution in [3.05, 3.63) is 101 Å². The van der Waals surface area contributed by atoms with E-state index < -0.39 is 0 Å². The van der Waals surface area contributed by atoms with Crippen LogP contribution in [0.15, 0.2) is 72.2 Å². The zero-order valence-electron chi connectivity index (χ0n) is 17.2. The molecule has 2 heterocycles. The molecule has 1 amide bonds. The third-order valence-corrected chi connectivity index (χ3v) is 6.71. The molecule has 1 aliphatic rings. The van der Waals surface area contributed by atoms with Gasteiger partial charge in [-0.1, -0.05) is 24.3 Å². The Bertz CT molecular complexity index is 1190. The second-order valence-electron chi connectivity index (χ2n) is 7.87. The molecule has 1 aromatic heterocycles. The summed E-state index contributed by atoms with van der Waals surface area (Å²) in [6, 6.07) is 18.3. The molecule has 0 spiro atoms. The Hall–Kier alpha value is -3.16. The highest BCUT2D eigenvalue weighted by molar-refractivity contribution is 7.16. The van der Waals surface area contributed by atoms with E-state index in [2.05, 4.69) is 9.88 Å². The summed E-state index contributed by atoms with van der Waals surface area (Å²) in [5.41, 5.74) is 5.23. The van der Waals surface area contributed by atoms with E-state index in [1.165, 1.54) is 35.6 Å². The first-order chi connectivity index (χ1) is 15.6. The van der Waals surface area contributed by atoms with Crippen molar-refractivity contribution in [2.75, 3.05) is 26.2 Å². The van der Waals surface area contributed by atoms with E-state index in [1.54, 1.807) is 29.8 Å². The summed E-state index contributed by atoms with van der Waals surface area (Å²) in [5, 5.41) is 0. The number of rotatable bonds is 4. The van der Waals surface area contributed by atoms with Crippen molar-refractivity contribution in [3.8, 4) is 0 Å². The molecule has 32 heavy (non-hydrogen) atoms. The predicted molar refractivity (Wildman–Crippen MR) is 122 cm³/mol. The molecule has 1 saturated heterocycles. The van der Waals surface area contributed by atoms with E-state index in [1.807, 2.05) is 23.1 Å². The number of benzene rings is 3. The van der Waals surface area contributed by atoms with E-state index >= 15 is 0 Å². The van der Waals surface area contributed by atoms with Gasteiger partial charge >= 0.3 is 0 Å². The molecule has 4 nitrogen and oxygen atoms in total. The van der Waals surface area contributed by atoms with E-state index in [0.717, 1.165) is 21.3 Å². The minimum atomic E-state index is -0.292. The van der Waals surface area contributed by atoms with E-state index in [-0.39, 0.29) is 23.6 Å². The van der Waals surface area contributed by atoms with Crippen LogP contribution in [-0.4, -0.2) is 46.9 Å². The number of nitrogens with zero attached hydrogens (tertiary/aromatic N) is 3. The fourth-order valence-electron chi connectivity index (χ4n) is 4.26. The second kappa shape index (κ2) is 8.76. The molecule has 0 unspecified atom stereocenters. The van der Waals surface area contributed by atoms with Gasteiger partial charge in [-0.3, -0.25) is 9.69 Å². The van der Waals surface area contributed by atoms with Crippen LogP contribution in [0, 0.1) is 11.6 Å². The topological polar surface area (TPSA) is 36.4 Å². The lowest BCUT2D eigenvalue weighted by atomic mass is 9.96. The Morgan fingerprint density at radius 3 is 2.03 bits per heavy atom. The molecule has 0 N–H and O–H groups in total. The number of piperazine rings is 1. The number of aromatic nitrogens is 1. The van der Waals surface area contributed by atoms with Gasteiger partial charge < -0.3 is 4.90 Å². The van der Waals surface area contributed by atoms with Crippen molar-refractivity contribution in [2.24, 2.45) is 0 Å². The average molecular weight is 450 g/mol. The Morgan fingerprint density at radius 2 is 1.44 bits per heavy atom. The third kappa shape index (κ3) is 4.13. The van der Waals surface area contributed by atoms with Gasteiger partial charge in [-0.15, -0.1) is 11.3 Å². The highest BCUT2D eigenvalue weighted by atomic mass is 32.1. The monoisotopic (exact) mass is 449 g/mol. The van der Waals surface area contributed by atoms with Crippen LogP contribution in [0.4, 0.5) is 8.78 Å². The summed E-state index contributed by atoms with van der Waals surface area (Å²) in [6.45, 7) is 2.48. The fourth-order valence-corrected chi connectivity index (χ4v) is 4.97. The van der Waals surface area contributed by atoms with Crippen LogP contribution in [0.2, 0.25) is 0 Å². The summed E-state index contributed by atoms with van der Waals surface area (Å²) >= 11 is 1.52. The van der Waals surface area contributed by atoms with E-state index in [4.69, 9.17) is 0 Å². The van der Waals surface area contributed by atoms with Gasteiger partial charge in [0.15, 0.2) is 0 Å². The van der Waals surface area contributed by atoms with Gasteiger partial charge in [-0.2, -0.15) is 0 Å². The van der Waals surface area contributed by atoms with Crippen LogP contribution in [0.5, 0.6) is 0 Å². The third-order valence-electron chi connectivity index (χ3n) is 5.92. The smallest absolute Gasteiger partial charge is 0.253 e. The molecule has 5 rings (SSSR count). The minimum absolute atomic E-state index is 0.0139. The van der Waals surface area contributed by atoms with Crippen molar-refractivity contribution in [1.82, 2.24) is 14.8 Å². The van der Waals surface area contributed by atoms with Crippen LogP contribution in [0.25, 0.3) is 10.2 Å². The van der Waals surface area contributed by atoms with Crippen molar-refractivity contribution >= 4 is 27.5 Å². The Labute approximate surface area is 188 Å². The fraction of sp³-hybridized carbons (Fsp3) is 0.200. The van der Waals surface area contributed by atoms with Crippen LogP contribution in [0.1, 0.15) is 27.5 Å². The maximum atomic E-state index is 13.5. The number of halogens is 2. The van der Waals surface area contributed by atoms with Crippen LogP contribution in [0.3, 0.4) is 0 Å². The van der Waals surface area contributed by atoms with E-state index in [9.17, 15) is 13.6 Å². The first-order valence-electron chi connectivity index (χ1n) is 10.5. The number of hydrogen-bond acceptors (Lipinski definition) is 4. The molecule has 1 aliphatic heterocycles. The van der Waals surface area contributed by atoms with Crippen LogP contribution in [-0.2, 0) is 0 Å². The Kier molecular flexibility index (Phi) is 5.68. The first-order valence-corrected chi connectivity index (χ1v) is 11.3. The van der Waals surface area contributed by atoms with Crippen molar-refractivity contribution < 1.29 is 13.6 Å². The number of fused-ring (bicyclic) bond motifs is 1. The zero-order chi connectivity index (χ0) is 22.1. The summed E-state index contributed by atoms with van der Waals surface area (Å²) in [7, 11) is 0. The zero-order valence-corrected chi connectivity index (χ0v) is 18.1. The van der Waals surface area contributed by atoms with Gasteiger partial charge in [-0.25, -0.2) is 13.8 Å². The summed E-state index contributed by atoms with van der Waals surface area (Å²) in [4.78, 5) is 21.5. The molecule has 7 heteroatoms. The molecule has 0 atom stereocenters. The minimum Gasteiger partial charge on any atom is -0.336 e. The Balaban J connectivity index is 1.35. The number of amides is 1. The number of carbonyl (C=O) groups excluding carboxylic acids is 1. The Morgan fingerprint density at radius 1 is 0.844 bits per heavy atom. The van der Waals surface area contributed by atoms with Gasteiger partial charge in [0.2, 0.25) is 0 Å². The number of carbonyl (C=O) groups is 1. The van der Waals surface area contributed by atoms with Gasteiger partial charge in [0.25, 0.3) is 5.91 Å². The molecule has 1 fully saturated rings. The lowest BCUT2D eigenvalue weighted by Gasteiger charge is -2.39. The lowest BCUT2D eigenvalue weighted by molar-refractivity contribution is 0.0597. The van der Waals surface area contributed by atoms with Gasteiger partial charge in [0.05, 0.1) is 21.8 Å². The summed E-state index contributed by atoms with van der Waals surface area (Å²) < 4.78 is 28.0. The van der Waals surface area contributed by atoms with Gasteiger partial charge in [0, 0.05) is 31.7 Å². The molecule has 162 valence electrons. The molecule has 3 aromatic carbocycles. The van der Waals surface area contributed by atoms with Crippen molar-refractivity contribution in [3.63, 3.8) is 0 Å². The molecule has 0 saturated carbocycles.